The molecule has 10 heteroatoms. The van der Waals surface area contributed by atoms with Crippen LogP contribution in [-0.2, 0) is 23.9 Å². The summed E-state index contributed by atoms with van der Waals surface area (Å²) in [6.45, 7) is 9.55. The molecule has 0 aromatic carbocycles. The van der Waals surface area contributed by atoms with Gasteiger partial charge in [0.2, 0.25) is 11.8 Å². The third kappa shape index (κ3) is 10.6. The van der Waals surface area contributed by atoms with Crippen LogP contribution >= 0.6 is 21.6 Å². The van der Waals surface area contributed by atoms with Crippen molar-refractivity contribution in [1.29, 1.82) is 0 Å². The minimum atomic E-state index is -0.345. The number of rotatable bonds is 15. The maximum absolute atomic E-state index is 12.4. The molecule has 1 heterocycles. The molecule has 0 bridgehead atoms. The van der Waals surface area contributed by atoms with Gasteiger partial charge >= 0.3 is 0 Å². The van der Waals surface area contributed by atoms with Crippen LogP contribution in [0.25, 0.3) is 0 Å². The van der Waals surface area contributed by atoms with Gasteiger partial charge in [0.15, 0.2) is 0 Å². The summed E-state index contributed by atoms with van der Waals surface area (Å²) in [5.41, 5.74) is 0. The summed E-state index contributed by atoms with van der Waals surface area (Å²) < 4.78 is 5.39. The lowest BCUT2D eigenvalue weighted by Crippen LogP contribution is -2.38. The predicted octanol–water partition coefficient (Wildman–Crippen LogP) is 2.01. The maximum atomic E-state index is 12.4. The zero-order chi connectivity index (χ0) is 23.4. The maximum Gasteiger partial charge on any atom is 0.253 e. The molecule has 0 spiro atoms. The van der Waals surface area contributed by atoms with Crippen LogP contribution in [0.1, 0.15) is 33.1 Å². The molecule has 1 radical (unpaired) electrons. The molecule has 0 aliphatic carbocycles. The van der Waals surface area contributed by atoms with Crippen LogP contribution in [0.15, 0.2) is 12.2 Å². The van der Waals surface area contributed by atoms with E-state index in [1.165, 1.54) is 12.2 Å². The molecule has 8 nitrogen and oxygen atoms in total. The summed E-state index contributed by atoms with van der Waals surface area (Å²) in [4.78, 5) is 51.8. The number of ether oxygens (including phenoxy) is 1. The smallest absolute Gasteiger partial charge is 0.253 e. The SMILES string of the molecule is [CH2]CSSC(C)(C)CCC(=O)N(C)CCN(C)C(=O)CCOCCN1C(=O)C=CC1=O. The Balaban J connectivity index is 2.18. The monoisotopic (exact) mass is 472 g/mol. The number of amides is 4. The lowest BCUT2D eigenvalue weighted by atomic mass is 10.1. The molecule has 1 rings (SSSR count). The molecule has 0 aromatic heterocycles. The van der Waals surface area contributed by atoms with E-state index >= 15 is 0 Å². The van der Waals surface area contributed by atoms with Crippen molar-refractivity contribution in [3.05, 3.63) is 19.1 Å². The zero-order valence-electron chi connectivity index (χ0n) is 18.9. The van der Waals surface area contributed by atoms with Crippen molar-refractivity contribution in [2.45, 2.75) is 37.9 Å². The number of carbonyl (C=O) groups excluding carboxylic acids is 4. The highest BCUT2D eigenvalue weighted by atomic mass is 33.1. The van der Waals surface area contributed by atoms with E-state index in [2.05, 4.69) is 20.8 Å². The van der Waals surface area contributed by atoms with Gasteiger partial charge in [-0.05, 0) is 27.2 Å². The fourth-order valence-corrected chi connectivity index (χ4v) is 4.70. The first-order valence-electron chi connectivity index (χ1n) is 10.3. The Hall–Kier alpha value is -1.52. The van der Waals surface area contributed by atoms with E-state index in [0.717, 1.165) is 17.1 Å². The van der Waals surface area contributed by atoms with Gasteiger partial charge in [0.1, 0.15) is 0 Å². The number of carbonyl (C=O) groups is 4. The van der Waals surface area contributed by atoms with Gasteiger partial charge in [-0.1, -0.05) is 21.6 Å². The molecule has 175 valence electrons. The van der Waals surface area contributed by atoms with E-state index < -0.39 is 0 Å². The molecule has 0 fully saturated rings. The second kappa shape index (κ2) is 13.8. The molecule has 0 N–H and O–H groups in total. The molecule has 0 aromatic rings. The molecular weight excluding hydrogens is 438 g/mol. The molecule has 0 unspecified atom stereocenters. The third-order valence-corrected chi connectivity index (χ3v) is 7.90. The highest BCUT2D eigenvalue weighted by Crippen LogP contribution is 2.38. The van der Waals surface area contributed by atoms with Crippen molar-refractivity contribution in [3.8, 4) is 0 Å². The van der Waals surface area contributed by atoms with E-state index in [-0.39, 0.29) is 54.6 Å². The standard InChI is InChI=1S/C21H34N3O5S2/c1-6-30-31-21(2,3)11-9-17(25)22(4)12-13-23(5)18(26)10-15-29-16-14-24-19(27)7-8-20(24)28/h7-8H,1,6,9-16H2,2-5H3. The first kappa shape index (κ1) is 27.5. The molecule has 1 aliphatic rings. The first-order chi connectivity index (χ1) is 14.6. The average molecular weight is 473 g/mol. The summed E-state index contributed by atoms with van der Waals surface area (Å²) >= 11 is 0. The minimum Gasteiger partial charge on any atom is -0.379 e. The summed E-state index contributed by atoms with van der Waals surface area (Å²) in [6.07, 6.45) is 3.91. The molecule has 4 amide bonds. The van der Waals surface area contributed by atoms with Gasteiger partial charge in [-0.3, -0.25) is 24.1 Å². The average Bonchev–Trinajstić information content (AvgIpc) is 3.05. The van der Waals surface area contributed by atoms with Crippen molar-refractivity contribution < 1.29 is 23.9 Å². The Morgan fingerprint density at radius 2 is 1.58 bits per heavy atom. The summed E-state index contributed by atoms with van der Waals surface area (Å²) in [7, 11) is 6.90. The first-order valence-corrected chi connectivity index (χ1v) is 12.6. The topological polar surface area (TPSA) is 87.2 Å². The number of nitrogens with zero attached hydrogens (tertiary/aromatic N) is 3. The minimum absolute atomic E-state index is 0.0114. The van der Waals surface area contributed by atoms with Crippen molar-refractivity contribution >= 4 is 45.2 Å². The van der Waals surface area contributed by atoms with Crippen molar-refractivity contribution in [3.63, 3.8) is 0 Å². The molecule has 31 heavy (non-hydrogen) atoms. The fraction of sp³-hybridized carbons (Fsp3) is 0.667. The second-order valence-electron chi connectivity index (χ2n) is 7.82. The normalized spacial score (nSPS) is 13.8. The van der Waals surface area contributed by atoms with Gasteiger partial charge in [-0.25, -0.2) is 0 Å². The summed E-state index contributed by atoms with van der Waals surface area (Å²) in [5.74, 6) is 0.0875. The van der Waals surface area contributed by atoms with Gasteiger partial charge in [0, 0.05) is 56.3 Å². The van der Waals surface area contributed by atoms with Gasteiger partial charge < -0.3 is 14.5 Å². The molecule has 0 atom stereocenters. The van der Waals surface area contributed by atoms with Crippen LogP contribution in [0.5, 0.6) is 0 Å². The number of hydrogen-bond donors (Lipinski definition) is 0. The highest BCUT2D eigenvalue weighted by Gasteiger charge is 2.23. The van der Waals surface area contributed by atoms with E-state index in [4.69, 9.17) is 4.74 Å². The Labute approximate surface area is 193 Å². The number of imide groups is 1. The van der Waals surface area contributed by atoms with Crippen molar-refractivity contribution in [1.82, 2.24) is 14.7 Å². The van der Waals surface area contributed by atoms with E-state index in [1.807, 2.05) is 0 Å². The van der Waals surface area contributed by atoms with Gasteiger partial charge in [-0.15, -0.1) is 0 Å². The van der Waals surface area contributed by atoms with Crippen LogP contribution in [0.2, 0.25) is 0 Å². The van der Waals surface area contributed by atoms with Crippen molar-refractivity contribution in [2.24, 2.45) is 0 Å². The lowest BCUT2D eigenvalue weighted by Gasteiger charge is -2.25. The fourth-order valence-electron chi connectivity index (χ4n) is 2.65. The molecule has 0 saturated heterocycles. The quantitative estimate of drug-likeness (QED) is 0.205. The van der Waals surface area contributed by atoms with Crippen LogP contribution < -0.4 is 0 Å². The zero-order valence-corrected chi connectivity index (χ0v) is 20.6. The van der Waals surface area contributed by atoms with Crippen LogP contribution in [0, 0.1) is 6.92 Å². The lowest BCUT2D eigenvalue weighted by molar-refractivity contribution is -0.138. The second-order valence-corrected chi connectivity index (χ2v) is 10.9. The summed E-state index contributed by atoms with van der Waals surface area (Å²) in [5, 5.41) is 0. The van der Waals surface area contributed by atoms with Crippen LogP contribution in [0.3, 0.4) is 0 Å². The third-order valence-electron chi connectivity index (χ3n) is 4.75. The van der Waals surface area contributed by atoms with E-state index in [0.29, 0.717) is 19.5 Å². The number of hydrogen-bond acceptors (Lipinski definition) is 7. The van der Waals surface area contributed by atoms with E-state index in [1.54, 1.807) is 45.5 Å². The Bertz CT molecular complexity index is 651. The largest absolute Gasteiger partial charge is 0.379 e. The Morgan fingerprint density at radius 3 is 2.13 bits per heavy atom. The molecule has 0 saturated carbocycles. The number of likely N-dealkylation sites (N-methyl/N-ethyl adjacent to an activating group) is 2. The van der Waals surface area contributed by atoms with Crippen LogP contribution in [-0.4, -0.2) is 95.8 Å². The summed E-state index contributed by atoms with van der Waals surface area (Å²) in [6, 6.07) is 0. The van der Waals surface area contributed by atoms with Gasteiger partial charge in [0.05, 0.1) is 26.2 Å². The van der Waals surface area contributed by atoms with Gasteiger partial charge in [0.25, 0.3) is 11.8 Å². The Kier molecular flexibility index (Phi) is 12.2. The molecular formula is C21H34N3O5S2. The van der Waals surface area contributed by atoms with Gasteiger partial charge in [-0.2, -0.15) is 0 Å². The van der Waals surface area contributed by atoms with Crippen LogP contribution in [0.4, 0.5) is 0 Å². The van der Waals surface area contributed by atoms with Crippen molar-refractivity contribution in [2.75, 3.05) is 52.7 Å². The predicted molar refractivity (Wildman–Crippen MR) is 125 cm³/mol. The molecule has 1 aliphatic heterocycles. The van der Waals surface area contributed by atoms with E-state index in [9.17, 15) is 19.2 Å². The highest BCUT2D eigenvalue weighted by molar-refractivity contribution is 8.77. The Morgan fingerprint density at radius 1 is 1.03 bits per heavy atom.